The van der Waals surface area contributed by atoms with Crippen LogP contribution in [0, 0.1) is 13.8 Å². The van der Waals surface area contributed by atoms with Crippen LogP contribution in [0.4, 0.5) is 5.82 Å². The fraction of sp³-hybridized carbons (Fsp3) is 0.435. The fourth-order valence-corrected chi connectivity index (χ4v) is 5.09. The van der Waals surface area contributed by atoms with E-state index in [1.165, 1.54) is 10.4 Å². The lowest BCUT2D eigenvalue weighted by Crippen LogP contribution is -2.36. The molecule has 1 aliphatic heterocycles. The molecule has 3 aromatic heterocycles. The molecule has 1 saturated heterocycles. The molecular weight excluding hydrogens is 408 g/mol. The van der Waals surface area contributed by atoms with Crippen LogP contribution in [0.25, 0.3) is 21.3 Å². The zero-order chi connectivity index (χ0) is 21.2. The molecule has 0 aliphatic carbocycles. The van der Waals surface area contributed by atoms with Crippen molar-refractivity contribution in [1.82, 2.24) is 24.8 Å². The highest BCUT2D eigenvalue weighted by atomic mass is 32.1. The normalized spacial score (nSPS) is 15.2. The first-order valence-corrected chi connectivity index (χ1v) is 11.7. The zero-order valence-corrected chi connectivity index (χ0v) is 18.9. The summed E-state index contributed by atoms with van der Waals surface area (Å²) < 4.78 is 5.47. The number of hydrogen-bond donors (Lipinski definition) is 2. The number of anilines is 1. The van der Waals surface area contributed by atoms with E-state index in [1.54, 1.807) is 11.3 Å². The summed E-state index contributed by atoms with van der Waals surface area (Å²) in [5.74, 6) is 2.88. The molecule has 162 valence electrons. The third-order valence-electron chi connectivity index (χ3n) is 5.86. The van der Waals surface area contributed by atoms with Crippen LogP contribution < -0.4 is 5.32 Å². The maximum absolute atomic E-state index is 5.47. The molecule has 0 bridgehead atoms. The minimum Gasteiger partial charge on any atom is -0.379 e. The van der Waals surface area contributed by atoms with Gasteiger partial charge in [-0.2, -0.15) is 0 Å². The summed E-state index contributed by atoms with van der Waals surface area (Å²) in [6, 6.07) is 8.17. The SMILES string of the molecule is Cc1sc2nc(CN3CCOCC3)nc(NCCCc3nc4ccccc4[nH]3)c2c1C. The van der Waals surface area contributed by atoms with Crippen molar-refractivity contribution in [3.8, 4) is 0 Å². The Morgan fingerprint density at radius 1 is 1.13 bits per heavy atom. The Labute approximate surface area is 185 Å². The Bertz CT molecular complexity index is 1160. The fourth-order valence-electron chi connectivity index (χ4n) is 4.04. The van der Waals surface area contributed by atoms with E-state index in [1.807, 2.05) is 18.2 Å². The standard InChI is InChI=1S/C23H28N6OS/c1-15-16(2)31-23-21(15)22(27-20(28-23)14-29-10-12-30-13-11-29)24-9-5-8-19-25-17-6-3-4-7-18(17)26-19/h3-4,6-7H,5,8-14H2,1-2H3,(H,25,26)(H,24,27,28). The smallest absolute Gasteiger partial charge is 0.146 e. The summed E-state index contributed by atoms with van der Waals surface area (Å²) in [5, 5.41) is 4.76. The summed E-state index contributed by atoms with van der Waals surface area (Å²) in [6.45, 7) is 9.37. The number of benzene rings is 1. The molecule has 0 spiro atoms. The molecule has 8 heteroatoms. The van der Waals surface area contributed by atoms with Crippen LogP contribution in [0.2, 0.25) is 0 Å². The lowest BCUT2D eigenvalue weighted by atomic mass is 10.2. The number of imidazole rings is 1. The van der Waals surface area contributed by atoms with Crippen LogP contribution in [0.3, 0.4) is 0 Å². The number of rotatable bonds is 7. The van der Waals surface area contributed by atoms with Gasteiger partial charge in [-0.25, -0.2) is 15.0 Å². The van der Waals surface area contributed by atoms with Gasteiger partial charge in [0.2, 0.25) is 0 Å². The van der Waals surface area contributed by atoms with Crippen molar-refractivity contribution in [1.29, 1.82) is 0 Å². The van der Waals surface area contributed by atoms with E-state index in [4.69, 9.17) is 14.7 Å². The summed E-state index contributed by atoms with van der Waals surface area (Å²) in [4.78, 5) is 22.6. The zero-order valence-electron chi connectivity index (χ0n) is 18.1. The van der Waals surface area contributed by atoms with Crippen LogP contribution in [-0.4, -0.2) is 57.7 Å². The number of ether oxygens (including phenoxy) is 1. The minimum atomic E-state index is 0.767. The van der Waals surface area contributed by atoms with E-state index >= 15 is 0 Å². The molecule has 0 atom stereocenters. The lowest BCUT2D eigenvalue weighted by molar-refractivity contribution is 0.0331. The van der Waals surface area contributed by atoms with Gasteiger partial charge in [-0.1, -0.05) is 12.1 Å². The van der Waals surface area contributed by atoms with Gasteiger partial charge in [0.1, 0.15) is 22.3 Å². The largest absolute Gasteiger partial charge is 0.379 e. The average molecular weight is 437 g/mol. The van der Waals surface area contributed by atoms with Crippen molar-refractivity contribution in [3.05, 3.63) is 46.4 Å². The van der Waals surface area contributed by atoms with Crippen molar-refractivity contribution in [2.24, 2.45) is 0 Å². The maximum Gasteiger partial charge on any atom is 0.146 e. The van der Waals surface area contributed by atoms with Crippen LogP contribution in [0.5, 0.6) is 0 Å². The predicted octanol–water partition coefficient (Wildman–Crippen LogP) is 4.06. The highest BCUT2D eigenvalue weighted by Gasteiger charge is 2.17. The van der Waals surface area contributed by atoms with E-state index in [0.717, 1.165) is 91.0 Å². The molecule has 4 heterocycles. The van der Waals surface area contributed by atoms with Crippen molar-refractivity contribution < 1.29 is 4.74 Å². The molecule has 4 aromatic rings. The number of para-hydroxylation sites is 2. The van der Waals surface area contributed by atoms with Crippen molar-refractivity contribution in [3.63, 3.8) is 0 Å². The summed E-state index contributed by atoms with van der Waals surface area (Å²) in [5.41, 5.74) is 3.40. The number of nitrogens with one attached hydrogen (secondary N) is 2. The second-order valence-electron chi connectivity index (χ2n) is 8.07. The van der Waals surface area contributed by atoms with Gasteiger partial charge in [-0.15, -0.1) is 11.3 Å². The highest BCUT2D eigenvalue weighted by molar-refractivity contribution is 7.18. The summed E-state index contributed by atoms with van der Waals surface area (Å²) >= 11 is 1.76. The average Bonchev–Trinajstić information content (AvgIpc) is 3.32. The Balaban J connectivity index is 1.29. The number of nitrogens with zero attached hydrogens (tertiary/aromatic N) is 4. The van der Waals surface area contributed by atoms with Gasteiger partial charge in [-0.05, 0) is 38.0 Å². The van der Waals surface area contributed by atoms with E-state index in [2.05, 4.69) is 40.1 Å². The van der Waals surface area contributed by atoms with Crippen LogP contribution in [0.1, 0.15) is 28.5 Å². The van der Waals surface area contributed by atoms with Crippen molar-refractivity contribution >= 4 is 38.4 Å². The van der Waals surface area contributed by atoms with E-state index in [-0.39, 0.29) is 0 Å². The van der Waals surface area contributed by atoms with E-state index in [0.29, 0.717) is 0 Å². The number of morpholine rings is 1. The number of aryl methyl sites for hydroxylation is 3. The molecule has 1 aliphatic rings. The minimum absolute atomic E-state index is 0.767. The van der Waals surface area contributed by atoms with Crippen molar-refractivity contribution in [2.75, 3.05) is 38.2 Å². The topological polar surface area (TPSA) is 79.0 Å². The molecular formula is C23H28N6OS. The first kappa shape index (κ1) is 20.4. The van der Waals surface area contributed by atoms with Crippen molar-refractivity contribution in [2.45, 2.75) is 33.2 Å². The van der Waals surface area contributed by atoms with Gasteiger partial charge < -0.3 is 15.0 Å². The Hall–Kier alpha value is -2.55. The van der Waals surface area contributed by atoms with E-state index in [9.17, 15) is 0 Å². The molecule has 2 N–H and O–H groups in total. The third kappa shape index (κ3) is 4.42. The van der Waals surface area contributed by atoms with Gasteiger partial charge in [0.15, 0.2) is 0 Å². The highest BCUT2D eigenvalue weighted by Crippen LogP contribution is 2.33. The monoisotopic (exact) mass is 436 g/mol. The number of H-pyrrole nitrogens is 1. The van der Waals surface area contributed by atoms with Crippen LogP contribution in [-0.2, 0) is 17.7 Å². The summed E-state index contributed by atoms with van der Waals surface area (Å²) in [7, 11) is 0. The molecule has 1 fully saturated rings. The first-order chi connectivity index (χ1) is 15.2. The number of hydrogen-bond acceptors (Lipinski definition) is 7. The number of fused-ring (bicyclic) bond motifs is 2. The van der Waals surface area contributed by atoms with Gasteiger partial charge in [0.25, 0.3) is 0 Å². The Morgan fingerprint density at radius 3 is 2.81 bits per heavy atom. The predicted molar refractivity (Wildman–Crippen MR) is 126 cm³/mol. The van der Waals surface area contributed by atoms with Gasteiger partial charge in [-0.3, -0.25) is 4.90 Å². The molecule has 0 radical (unpaired) electrons. The molecule has 0 amide bonds. The van der Waals surface area contributed by atoms with Gasteiger partial charge >= 0.3 is 0 Å². The molecule has 5 rings (SSSR count). The first-order valence-electron chi connectivity index (χ1n) is 10.9. The maximum atomic E-state index is 5.47. The Kier molecular flexibility index (Phi) is 5.85. The molecule has 1 aromatic carbocycles. The molecule has 0 saturated carbocycles. The molecule has 7 nitrogen and oxygen atoms in total. The van der Waals surface area contributed by atoms with Gasteiger partial charge in [0, 0.05) is 30.9 Å². The third-order valence-corrected chi connectivity index (χ3v) is 6.97. The molecule has 0 unspecified atom stereocenters. The van der Waals surface area contributed by atoms with E-state index < -0.39 is 0 Å². The van der Waals surface area contributed by atoms with Gasteiger partial charge in [0.05, 0.1) is 36.2 Å². The van der Waals surface area contributed by atoms with Crippen LogP contribution >= 0.6 is 11.3 Å². The van der Waals surface area contributed by atoms with Crippen LogP contribution in [0.15, 0.2) is 24.3 Å². The lowest BCUT2D eigenvalue weighted by Gasteiger charge is -2.25. The molecule has 31 heavy (non-hydrogen) atoms. The second-order valence-corrected chi connectivity index (χ2v) is 9.27. The number of thiophene rings is 1. The number of aromatic amines is 1. The second kappa shape index (κ2) is 8.90. The number of aromatic nitrogens is 4. The Morgan fingerprint density at radius 2 is 1.97 bits per heavy atom. The summed E-state index contributed by atoms with van der Waals surface area (Å²) in [6.07, 6.45) is 1.88. The quantitative estimate of drug-likeness (QED) is 0.425.